The predicted molar refractivity (Wildman–Crippen MR) is 58.7 cm³/mol. The summed E-state index contributed by atoms with van der Waals surface area (Å²) in [6.07, 6.45) is 4.37. The van der Waals surface area contributed by atoms with Crippen molar-refractivity contribution in [3.63, 3.8) is 0 Å². The normalized spacial score (nSPS) is 21.7. The number of anilines is 2. The molecule has 1 fully saturated rings. The average molecular weight is 208 g/mol. The van der Waals surface area contributed by atoms with E-state index in [1.807, 2.05) is 0 Å². The van der Waals surface area contributed by atoms with Crippen LogP contribution in [-0.2, 0) is 4.74 Å². The van der Waals surface area contributed by atoms with Crippen LogP contribution in [-0.4, -0.2) is 35.8 Å². The first-order valence-electron chi connectivity index (χ1n) is 5.23. The van der Waals surface area contributed by atoms with E-state index in [0.717, 1.165) is 32.0 Å². The first-order chi connectivity index (χ1) is 7.31. The van der Waals surface area contributed by atoms with Gasteiger partial charge in [-0.15, -0.1) is 0 Å². The van der Waals surface area contributed by atoms with Crippen LogP contribution in [0.4, 0.5) is 11.6 Å². The van der Waals surface area contributed by atoms with E-state index in [1.165, 1.54) is 0 Å². The van der Waals surface area contributed by atoms with Crippen LogP contribution in [0.15, 0.2) is 12.4 Å². The molecular weight excluding hydrogens is 192 g/mol. The maximum absolute atomic E-state index is 5.51. The lowest BCUT2D eigenvalue weighted by Crippen LogP contribution is -2.45. The molecule has 0 bridgehead atoms. The fraction of sp³-hybridized carbons (Fsp3) is 0.600. The summed E-state index contributed by atoms with van der Waals surface area (Å²) >= 11 is 0. The third-order valence-corrected chi connectivity index (χ3v) is 2.65. The Kier molecular flexibility index (Phi) is 3.01. The highest BCUT2D eigenvalue weighted by Gasteiger charge is 2.22. The second kappa shape index (κ2) is 4.44. The van der Waals surface area contributed by atoms with E-state index < -0.39 is 0 Å². The monoisotopic (exact) mass is 208 g/mol. The highest BCUT2D eigenvalue weighted by molar-refractivity contribution is 5.40. The number of nitrogens with zero attached hydrogens (tertiary/aromatic N) is 3. The van der Waals surface area contributed by atoms with Gasteiger partial charge >= 0.3 is 0 Å². The Morgan fingerprint density at radius 2 is 2.40 bits per heavy atom. The van der Waals surface area contributed by atoms with Gasteiger partial charge in [-0.3, -0.25) is 0 Å². The van der Waals surface area contributed by atoms with Gasteiger partial charge in [0.25, 0.3) is 0 Å². The smallest absolute Gasteiger partial charge is 0.147 e. The van der Waals surface area contributed by atoms with Crippen molar-refractivity contribution < 1.29 is 4.74 Å². The fourth-order valence-electron chi connectivity index (χ4n) is 1.77. The Morgan fingerprint density at radius 1 is 1.53 bits per heavy atom. The van der Waals surface area contributed by atoms with Gasteiger partial charge in [-0.05, 0) is 6.42 Å². The van der Waals surface area contributed by atoms with E-state index in [4.69, 9.17) is 10.5 Å². The SMILES string of the molecule is CCC1COCCN1c1cnc(N)cn1. The van der Waals surface area contributed by atoms with Crippen molar-refractivity contribution >= 4 is 11.6 Å². The molecule has 0 saturated carbocycles. The fourth-order valence-corrected chi connectivity index (χ4v) is 1.77. The molecule has 5 heteroatoms. The van der Waals surface area contributed by atoms with Gasteiger partial charge < -0.3 is 15.4 Å². The van der Waals surface area contributed by atoms with Gasteiger partial charge in [0.2, 0.25) is 0 Å². The number of nitrogens with two attached hydrogens (primary N) is 1. The van der Waals surface area contributed by atoms with Crippen LogP contribution in [0.3, 0.4) is 0 Å². The highest BCUT2D eigenvalue weighted by Crippen LogP contribution is 2.18. The van der Waals surface area contributed by atoms with Crippen LogP contribution in [0, 0.1) is 0 Å². The molecule has 1 aliphatic rings. The second-order valence-electron chi connectivity index (χ2n) is 3.63. The molecule has 1 atom stereocenters. The van der Waals surface area contributed by atoms with Crippen molar-refractivity contribution in [1.82, 2.24) is 9.97 Å². The lowest BCUT2D eigenvalue weighted by molar-refractivity contribution is 0.0925. The predicted octanol–water partition coefficient (Wildman–Crippen LogP) is 0.674. The van der Waals surface area contributed by atoms with Gasteiger partial charge in [-0.2, -0.15) is 0 Å². The summed E-state index contributed by atoms with van der Waals surface area (Å²) in [6.45, 7) is 4.54. The van der Waals surface area contributed by atoms with Crippen molar-refractivity contribution in [2.45, 2.75) is 19.4 Å². The minimum absolute atomic E-state index is 0.400. The van der Waals surface area contributed by atoms with Gasteiger partial charge in [0.15, 0.2) is 0 Å². The number of hydrogen-bond acceptors (Lipinski definition) is 5. The van der Waals surface area contributed by atoms with Gasteiger partial charge in [-0.25, -0.2) is 9.97 Å². The number of aromatic nitrogens is 2. The molecule has 0 radical (unpaired) electrons. The minimum atomic E-state index is 0.400. The molecular formula is C10H16N4O. The molecule has 0 spiro atoms. The molecule has 5 nitrogen and oxygen atoms in total. The maximum atomic E-state index is 5.51. The second-order valence-corrected chi connectivity index (χ2v) is 3.63. The molecule has 1 saturated heterocycles. The molecule has 0 amide bonds. The highest BCUT2D eigenvalue weighted by atomic mass is 16.5. The number of hydrogen-bond donors (Lipinski definition) is 1. The molecule has 0 aromatic carbocycles. The van der Waals surface area contributed by atoms with Crippen molar-refractivity contribution in [3.05, 3.63) is 12.4 Å². The van der Waals surface area contributed by atoms with E-state index in [1.54, 1.807) is 12.4 Å². The summed E-state index contributed by atoms with van der Waals surface area (Å²) in [5, 5.41) is 0. The van der Waals surface area contributed by atoms with Crippen molar-refractivity contribution in [3.8, 4) is 0 Å². The zero-order chi connectivity index (χ0) is 10.7. The quantitative estimate of drug-likeness (QED) is 0.774. The zero-order valence-corrected chi connectivity index (χ0v) is 8.89. The van der Waals surface area contributed by atoms with Crippen molar-refractivity contribution in [2.24, 2.45) is 0 Å². The Morgan fingerprint density at radius 3 is 3.07 bits per heavy atom. The lowest BCUT2D eigenvalue weighted by atomic mass is 10.2. The molecule has 82 valence electrons. The minimum Gasteiger partial charge on any atom is -0.382 e. The van der Waals surface area contributed by atoms with E-state index in [2.05, 4.69) is 21.8 Å². The number of nitrogen functional groups attached to an aromatic ring is 1. The van der Waals surface area contributed by atoms with Crippen LogP contribution < -0.4 is 10.6 Å². The summed E-state index contributed by atoms with van der Waals surface area (Å²) < 4.78 is 5.43. The molecule has 1 aliphatic heterocycles. The number of ether oxygens (including phenoxy) is 1. The number of rotatable bonds is 2. The van der Waals surface area contributed by atoms with Crippen LogP contribution >= 0.6 is 0 Å². The summed E-state index contributed by atoms with van der Waals surface area (Å²) in [7, 11) is 0. The third kappa shape index (κ3) is 2.18. The molecule has 0 aliphatic carbocycles. The zero-order valence-electron chi connectivity index (χ0n) is 8.89. The van der Waals surface area contributed by atoms with Gasteiger partial charge in [-0.1, -0.05) is 6.92 Å². The van der Waals surface area contributed by atoms with Gasteiger partial charge in [0.1, 0.15) is 11.6 Å². The van der Waals surface area contributed by atoms with Crippen LogP contribution in [0.25, 0.3) is 0 Å². The molecule has 1 unspecified atom stereocenters. The Balaban J connectivity index is 2.16. The van der Waals surface area contributed by atoms with E-state index in [-0.39, 0.29) is 0 Å². The molecule has 1 aromatic rings. The van der Waals surface area contributed by atoms with Crippen LogP contribution in [0.2, 0.25) is 0 Å². The Bertz CT molecular complexity index is 314. The summed E-state index contributed by atoms with van der Waals surface area (Å²) in [5.41, 5.74) is 5.51. The van der Waals surface area contributed by atoms with Crippen LogP contribution in [0.1, 0.15) is 13.3 Å². The largest absolute Gasteiger partial charge is 0.382 e. The average Bonchev–Trinajstić information content (AvgIpc) is 2.30. The molecule has 1 aromatic heterocycles. The Hall–Kier alpha value is -1.36. The lowest BCUT2D eigenvalue weighted by Gasteiger charge is -2.35. The molecule has 15 heavy (non-hydrogen) atoms. The summed E-state index contributed by atoms with van der Waals surface area (Å²) in [4.78, 5) is 10.6. The molecule has 2 rings (SSSR count). The first kappa shape index (κ1) is 10.2. The summed E-state index contributed by atoms with van der Waals surface area (Å²) in [6, 6.07) is 0.400. The third-order valence-electron chi connectivity index (χ3n) is 2.65. The number of morpholine rings is 1. The van der Waals surface area contributed by atoms with E-state index in [0.29, 0.717) is 11.9 Å². The first-order valence-corrected chi connectivity index (χ1v) is 5.23. The van der Waals surface area contributed by atoms with E-state index in [9.17, 15) is 0 Å². The van der Waals surface area contributed by atoms with Gasteiger partial charge in [0.05, 0.1) is 31.6 Å². The summed E-state index contributed by atoms with van der Waals surface area (Å²) in [5.74, 6) is 1.35. The van der Waals surface area contributed by atoms with E-state index >= 15 is 0 Å². The standard InChI is InChI=1S/C10H16N4O/c1-2-8-7-15-4-3-14(8)10-6-12-9(11)5-13-10/h5-6,8H,2-4,7H2,1H3,(H2,11,12). The maximum Gasteiger partial charge on any atom is 0.147 e. The topological polar surface area (TPSA) is 64.3 Å². The van der Waals surface area contributed by atoms with Gasteiger partial charge in [0, 0.05) is 6.54 Å². The molecule has 2 N–H and O–H groups in total. The van der Waals surface area contributed by atoms with Crippen molar-refractivity contribution in [1.29, 1.82) is 0 Å². The van der Waals surface area contributed by atoms with Crippen molar-refractivity contribution in [2.75, 3.05) is 30.4 Å². The molecule has 2 heterocycles. The Labute approximate surface area is 89.3 Å². The van der Waals surface area contributed by atoms with Crippen LogP contribution in [0.5, 0.6) is 0 Å².